The molecule has 29 heavy (non-hydrogen) atoms. The van der Waals surface area contributed by atoms with E-state index in [4.69, 9.17) is 11.6 Å². The Labute approximate surface area is 171 Å². The summed E-state index contributed by atoms with van der Waals surface area (Å²) in [7, 11) is 1.54. The van der Waals surface area contributed by atoms with Crippen molar-refractivity contribution in [2.45, 2.75) is 38.0 Å². The van der Waals surface area contributed by atoms with Gasteiger partial charge in [0.15, 0.2) is 11.0 Å². The second-order valence-corrected chi connectivity index (χ2v) is 8.52. The standard InChI is InChI=1S/C19H24F2N6OS/c1-11-10-24-18(29-11)25-17(28)15(14-7-8-19(20,21)9-14)12-3-5-13(6-4-12)16(22)26-27(2)23/h3-6,10,14-15H,7-9,23H2,1-2H3,(H2,22,26)(H,24,25,28). The van der Waals surface area contributed by atoms with Gasteiger partial charge in [-0.05, 0) is 24.8 Å². The molecule has 0 bridgehead atoms. The molecule has 2 aromatic rings. The number of aryl methyl sites for hydroxylation is 1. The first-order valence-electron chi connectivity index (χ1n) is 9.18. The number of amidine groups is 1. The Hall–Kier alpha value is -2.59. The Morgan fingerprint density at radius 2 is 2.10 bits per heavy atom. The number of amides is 1. The Balaban J connectivity index is 1.87. The molecule has 5 N–H and O–H groups in total. The predicted molar refractivity (Wildman–Crippen MR) is 110 cm³/mol. The van der Waals surface area contributed by atoms with Crippen molar-refractivity contribution in [1.29, 1.82) is 0 Å². The molecule has 1 fully saturated rings. The topological polar surface area (TPSA) is 110 Å². The first-order chi connectivity index (χ1) is 13.6. The van der Waals surface area contributed by atoms with E-state index in [0.29, 0.717) is 16.3 Å². The van der Waals surface area contributed by atoms with Crippen molar-refractivity contribution >= 4 is 28.2 Å². The molecular weight excluding hydrogens is 398 g/mol. The Morgan fingerprint density at radius 3 is 2.62 bits per heavy atom. The van der Waals surface area contributed by atoms with E-state index in [1.54, 1.807) is 37.5 Å². The van der Waals surface area contributed by atoms with Crippen LogP contribution < -0.4 is 16.9 Å². The van der Waals surface area contributed by atoms with E-state index in [1.165, 1.54) is 11.3 Å². The summed E-state index contributed by atoms with van der Waals surface area (Å²) in [6.07, 6.45) is 1.42. The number of carbonyl (C=O) groups excluding carboxylic acids is 1. The molecule has 7 nitrogen and oxygen atoms in total. The maximum atomic E-state index is 13.9. The van der Waals surface area contributed by atoms with Crippen LogP contribution in [0, 0.1) is 12.8 Å². The van der Waals surface area contributed by atoms with Crippen LogP contribution >= 0.6 is 11.3 Å². The highest BCUT2D eigenvalue weighted by molar-refractivity contribution is 7.15. The normalized spacial score (nSPS) is 19.8. The van der Waals surface area contributed by atoms with Gasteiger partial charge in [-0.15, -0.1) is 16.4 Å². The Kier molecular flexibility index (Phi) is 6.13. The zero-order valence-electron chi connectivity index (χ0n) is 16.2. The van der Waals surface area contributed by atoms with Gasteiger partial charge in [0.2, 0.25) is 11.8 Å². The molecule has 3 rings (SSSR count). The molecule has 0 radical (unpaired) electrons. The first-order valence-corrected chi connectivity index (χ1v) is 10.0. The maximum Gasteiger partial charge on any atom is 0.248 e. The highest BCUT2D eigenvalue weighted by atomic mass is 32.1. The van der Waals surface area contributed by atoms with Crippen molar-refractivity contribution in [1.82, 2.24) is 10.1 Å². The van der Waals surface area contributed by atoms with Crippen molar-refractivity contribution in [2.24, 2.45) is 22.6 Å². The average molecular weight is 423 g/mol. The van der Waals surface area contributed by atoms with Gasteiger partial charge in [0.25, 0.3) is 0 Å². The molecule has 2 unspecified atom stereocenters. The third-order valence-electron chi connectivity index (χ3n) is 4.88. The van der Waals surface area contributed by atoms with Crippen LogP contribution in [0.3, 0.4) is 0 Å². The minimum Gasteiger partial charge on any atom is -0.382 e. The quantitative estimate of drug-likeness (QED) is 0.287. The summed E-state index contributed by atoms with van der Waals surface area (Å²) in [5.41, 5.74) is 7.16. The molecule has 1 amide bonds. The predicted octanol–water partition coefficient (Wildman–Crippen LogP) is 3.04. The molecule has 0 spiro atoms. The minimum absolute atomic E-state index is 0.210. The molecule has 1 aliphatic rings. The number of nitrogens with one attached hydrogen (secondary N) is 1. The lowest BCUT2D eigenvalue weighted by Gasteiger charge is -2.23. The fourth-order valence-electron chi connectivity index (χ4n) is 3.59. The van der Waals surface area contributed by atoms with Crippen LogP contribution in [0.4, 0.5) is 13.9 Å². The number of halogens is 2. The van der Waals surface area contributed by atoms with E-state index in [1.807, 2.05) is 6.92 Å². The van der Waals surface area contributed by atoms with Crippen LogP contribution in [0.25, 0.3) is 0 Å². The van der Waals surface area contributed by atoms with Crippen molar-refractivity contribution in [2.75, 3.05) is 12.4 Å². The van der Waals surface area contributed by atoms with Crippen LogP contribution in [-0.4, -0.2) is 34.8 Å². The van der Waals surface area contributed by atoms with Gasteiger partial charge in [0.05, 0.1) is 5.92 Å². The summed E-state index contributed by atoms with van der Waals surface area (Å²) >= 11 is 1.34. The number of carbonyl (C=O) groups is 1. The molecule has 2 atom stereocenters. The number of benzene rings is 1. The molecule has 1 aromatic carbocycles. The van der Waals surface area contributed by atoms with Gasteiger partial charge in [0.1, 0.15) is 0 Å². The van der Waals surface area contributed by atoms with E-state index in [-0.39, 0.29) is 31.0 Å². The largest absolute Gasteiger partial charge is 0.382 e. The Morgan fingerprint density at radius 1 is 1.41 bits per heavy atom. The third kappa shape index (κ3) is 5.27. The number of hydrazone groups is 1. The summed E-state index contributed by atoms with van der Waals surface area (Å²) in [5, 5.41) is 8.27. The summed E-state index contributed by atoms with van der Waals surface area (Å²) in [5.74, 6) is 1.43. The summed E-state index contributed by atoms with van der Waals surface area (Å²) in [6, 6.07) is 6.86. The van der Waals surface area contributed by atoms with Gasteiger partial charge in [-0.1, -0.05) is 24.3 Å². The van der Waals surface area contributed by atoms with Crippen LogP contribution in [0.1, 0.15) is 41.2 Å². The lowest BCUT2D eigenvalue weighted by molar-refractivity contribution is -0.118. The number of hydrogen-bond acceptors (Lipinski definition) is 6. The van der Waals surface area contributed by atoms with Gasteiger partial charge in [-0.3, -0.25) is 4.79 Å². The van der Waals surface area contributed by atoms with Gasteiger partial charge in [-0.2, -0.15) is 0 Å². The number of anilines is 1. The number of alkyl halides is 2. The van der Waals surface area contributed by atoms with E-state index in [0.717, 1.165) is 10.00 Å². The molecule has 10 heteroatoms. The van der Waals surface area contributed by atoms with E-state index >= 15 is 0 Å². The summed E-state index contributed by atoms with van der Waals surface area (Å²) < 4.78 is 27.7. The number of thiazole rings is 1. The first kappa shape index (κ1) is 21.1. The Bertz CT molecular complexity index is 896. The molecule has 1 heterocycles. The molecule has 1 aliphatic carbocycles. The van der Waals surface area contributed by atoms with Crippen LogP contribution in [0.2, 0.25) is 0 Å². The van der Waals surface area contributed by atoms with Crippen LogP contribution in [0.15, 0.2) is 35.6 Å². The molecule has 1 aromatic heterocycles. The fourth-order valence-corrected chi connectivity index (χ4v) is 4.26. The number of hydrogen-bond donors (Lipinski definition) is 3. The summed E-state index contributed by atoms with van der Waals surface area (Å²) in [4.78, 5) is 18.1. The minimum atomic E-state index is -2.75. The van der Waals surface area contributed by atoms with Crippen molar-refractivity contribution in [3.63, 3.8) is 0 Å². The number of hydrazine groups is 1. The highest BCUT2D eigenvalue weighted by Gasteiger charge is 2.45. The van der Waals surface area contributed by atoms with Gasteiger partial charge in [-0.25, -0.2) is 24.7 Å². The number of nitrogens with zero attached hydrogens (tertiary/aromatic N) is 3. The van der Waals surface area contributed by atoms with E-state index in [2.05, 4.69) is 15.4 Å². The third-order valence-corrected chi connectivity index (χ3v) is 5.71. The van der Waals surface area contributed by atoms with Crippen molar-refractivity contribution in [3.8, 4) is 0 Å². The van der Waals surface area contributed by atoms with E-state index in [9.17, 15) is 13.6 Å². The number of aromatic nitrogens is 1. The van der Waals surface area contributed by atoms with E-state index < -0.39 is 17.8 Å². The van der Waals surface area contributed by atoms with Gasteiger partial charge >= 0.3 is 0 Å². The van der Waals surface area contributed by atoms with Gasteiger partial charge in [0, 0.05) is 36.5 Å². The number of nitrogens with two attached hydrogens (primary N) is 2. The molecule has 0 aliphatic heterocycles. The lowest BCUT2D eigenvalue weighted by Crippen LogP contribution is -2.28. The number of rotatable bonds is 6. The average Bonchev–Trinajstić information content (AvgIpc) is 3.20. The monoisotopic (exact) mass is 422 g/mol. The molecular formula is C19H24F2N6OS. The summed E-state index contributed by atoms with van der Waals surface area (Å²) in [6.45, 7) is 1.88. The zero-order chi connectivity index (χ0) is 21.2. The lowest BCUT2D eigenvalue weighted by atomic mass is 9.83. The second kappa shape index (κ2) is 8.42. The van der Waals surface area contributed by atoms with Crippen LogP contribution in [-0.2, 0) is 4.79 Å². The highest BCUT2D eigenvalue weighted by Crippen LogP contribution is 2.45. The smallest absolute Gasteiger partial charge is 0.248 e. The maximum absolute atomic E-state index is 13.9. The second-order valence-electron chi connectivity index (χ2n) is 7.28. The van der Waals surface area contributed by atoms with Crippen molar-refractivity contribution < 1.29 is 13.6 Å². The van der Waals surface area contributed by atoms with Crippen molar-refractivity contribution in [3.05, 3.63) is 46.5 Å². The SMILES string of the molecule is Cc1cnc(NC(=O)C(c2ccc(/C(N)=N/N(C)N)cc2)C2CCC(F)(F)C2)s1. The zero-order valence-corrected chi connectivity index (χ0v) is 17.0. The molecule has 156 valence electrons. The van der Waals surface area contributed by atoms with Gasteiger partial charge < -0.3 is 11.1 Å². The molecule has 0 saturated heterocycles. The fraction of sp³-hybridized carbons (Fsp3) is 0.421. The molecule has 1 saturated carbocycles. The van der Waals surface area contributed by atoms with Crippen LogP contribution in [0.5, 0.6) is 0 Å².